The lowest BCUT2D eigenvalue weighted by Gasteiger charge is -2.08. The number of aromatic carboxylic acids is 1. The second-order valence-electron chi connectivity index (χ2n) is 3.50. The maximum atomic E-state index is 13.7. The van der Waals surface area contributed by atoms with Crippen LogP contribution in [0.1, 0.15) is 10.5 Å². The van der Waals surface area contributed by atoms with Crippen molar-refractivity contribution in [2.24, 2.45) is 0 Å². The molecule has 2 rings (SSSR count). The van der Waals surface area contributed by atoms with Crippen molar-refractivity contribution in [2.75, 3.05) is 0 Å². The predicted molar refractivity (Wildman–Crippen MR) is 64.4 cm³/mol. The van der Waals surface area contributed by atoms with Gasteiger partial charge in [0.1, 0.15) is 17.3 Å². The van der Waals surface area contributed by atoms with Crippen LogP contribution in [0.15, 0.2) is 33.7 Å². The highest BCUT2D eigenvalue weighted by atomic mass is 79.9. The van der Waals surface area contributed by atoms with Gasteiger partial charge in [-0.3, -0.25) is 4.79 Å². The van der Waals surface area contributed by atoms with E-state index in [1.807, 2.05) is 0 Å². The molecule has 0 spiro atoms. The lowest BCUT2D eigenvalue weighted by atomic mass is 10.3. The molecular weight excluding hydrogens is 326 g/mol. The van der Waals surface area contributed by atoms with Crippen LogP contribution in [0.25, 0.3) is 5.69 Å². The lowest BCUT2D eigenvalue weighted by molar-refractivity contribution is 0.0686. The second-order valence-corrected chi connectivity index (χ2v) is 4.35. The van der Waals surface area contributed by atoms with Gasteiger partial charge in [-0.05, 0) is 22.0 Å². The quantitative estimate of drug-likeness (QED) is 0.854. The van der Waals surface area contributed by atoms with E-state index in [0.717, 1.165) is 29.1 Å². The molecule has 0 unspecified atom stereocenters. The summed E-state index contributed by atoms with van der Waals surface area (Å²) in [5, 5.41) is 12.2. The van der Waals surface area contributed by atoms with Crippen LogP contribution in [-0.4, -0.2) is 20.9 Å². The molecule has 1 aromatic heterocycles. The third kappa shape index (κ3) is 2.53. The zero-order chi connectivity index (χ0) is 14.2. The van der Waals surface area contributed by atoms with Crippen LogP contribution in [0.5, 0.6) is 0 Å². The molecule has 0 fully saturated rings. The van der Waals surface area contributed by atoms with E-state index in [0.29, 0.717) is 0 Å². The highest BCUT2D eigenvalue weighted by molar-refractivity contribution is 9.10. The Bertz CT molecular complexity index is 730. The van der Waals surface area contributed by atoms with Crippen molar-refractivity contribution >= 4 is 21.9 Å². The van der Waals surface area contributed by atoms with Crippen molar-refractivity contribution in [1.29, 1.82) is 0 Å². The van der Waals surface area contributed by atoms with Gasteiger partial charge in [0, 0.05) is 18.3 Å². The number of rotatable bonds is 2. The Balaban J connectivity index is 2.66. The van der Waals surface area contributed by atoms with Crippen molar-refractivity contribution in [1.82, 2.24) is 9.78 Å². The third-order valence-corrected chi connectivity index (χ3v) is 2.86. The largest absolute Gasteiger partial charge is 0.476 e. The van der Waals surface area contributed by atoms with Gasteiger partial charge in [0.05, 0.1) is 4.47 Å². The van der Waals surface area contributed by atoms with E-state index in [2.05, 4.69) is 21.0 Å². The summed E-state index contributed by atoms with van der Waals surface area (Å²) in [7, 11) is 0. The Kier molecular flexibility index (Phi) is 3.43. The number of halogens is 3. The molecule has 8 heteroatoms. The molecule has 0 aliphatic carbocycles. The molecule has 0 atom stereocenters. The normalized spacial score (nSPS) is 10.5. The van der Waals surface area contributed by atoms with Gasteiger partial charge in [0.2, 0.25) is 11.1 Å². The first-order valence-electron chi connectivity index (χ1n) is 4.88. The van der Waals surface area contributed by atoms with Gasteiger partial charge in [-0.25, -0.2) is 18.3 Å². The van der Waals surface area contributed by atoms with E-state index in [1.165, 1.54) is 0 Å². The van der Waals surface area contributed by atoms with Crippen molar-refractivity contribution < 1.29 is 18.7 Å². The number of carbonyl (C=O) groups is 1. The summed E-state index contributed by atoms with van der Waals surface area (Å²) in [6.45, 7) is 0. The van der Waals surface area contributed by atoms with Crippen LogP contribution in [0, 0.1) is 11.6 Å². The van der Waals surface area contributed by atoms with Gasteiger partial charge in [-0.2, -0.15) is 5.10 Å². The van der Waals surface area contributed by atoms with Crippen LogP contribution < -0.4 is 5.43 Å². The lowest BCUT2D eigenvalue weighted by Crippen LogP contribution is -2.20. The van der Waals surface area contributed by atoms with Crippen molar-refractivity contribution in [3.05, 3.63) is 56.4 Å². The van der Waals surface area contributed by atoms with E-state index >= 15 is 0 Å². The zero-order valence-electron chi connectivity index (χ0n) is 9.10. The molecule has 1 aromatic carbocycles. The van der Waals surface area contributed by atoms with Crippen LogP contribution in [-0.2, 0) is 0 Å². The molecule has 98 valence electrons. The van der Waals surface area contributed by atoms with E-state index in [9.17, 15) is 18.4 Å². The topological polar surface area (TPSA) is 72.2 Å². The van der Waals surface area contributed by atoms with Crippen LogP contribution in [0.4, 0.5) is 8.78 Å². The summed E-state index contributed by atoms with van der Waals surface area (Å²) in [6, 6.07) is 2.63. The van der Waals surface area contributed by atoms with Crippen LogP contribution in [0.3, 0.4) is 0 Å². The SMILES string of the molecule is O=C(O)c1nn(-c2cc(F)c(Br)cc2F)ccc1=O. The van der Waals surface area contributed by atoms with E-state index in [1.54, 1.807) is 0 Å². The van der Waals surface area contributed by atoms with Crippen LogP contribution in [0.2, 0.25) is 0 Å². The Morgan fingerprint density at radius 2 is 2.00 bits per heavy atom. The minimum Gasteiger partial charge on any atom is -0.476 e. The van der Waals surface area contributed by atoms with Gasteiger partial charge in [0.15, 0.2) is 0 Å². The van der Waals surface area contributed by atoms with E-state index < -0.39 is 28.7 Å². The Hall–Kier alpha value is -2.09. The summed E-state index contributed by atoms with van der Waals surface area (Å²) in [6.07, 6.45) is 1.06. The molecule has 1 heterocycles. The number of aromatic nitrogens is 2. The number of nitrogens with zero attached hydrogens (tertiary/aromatic N) is 2. The monoisotopic (exact) mass is 330 g/mol. The first-order chi connectivity index (χ1) is 8.90. The highest BCUT2D eigenvalue weighted by Gasteiger charge is 2.14. The summed E-state index contributed by atoms with van der Waals surface area (Å²) in [4.78, 5) is 22.0. The molecular formula is C11H5BrF2N2O3. The van der Waals surface area contributed by atoms with Crippen molar-refractivity contribution in [3.63, 3.8) is 0 Å². The smallest absolute Gasteiger partial charge is 0.360 e. The fourth-order valence-corrected chi connectivity index (χ4v) is 1.69. The molecule has 2 aromatic rings. The maximum Gasteiger partial charge on any atom is 0.360 e. The second kappa shape index (κ2) is 4.88. The van der Waals surface area contributed by atoms with E-state index in [-0.39, 0.29) is 10.2 Å². The van der Waals surface area contributed by atoms with Gasteiger partial charge in [0.25, 0.3) is 0 Å². The minimum atomic E-state index is -1.54. The summed E-state index contributed by atoms with van der Waals surface area (Å²) < 4.78 is 27.7. The zero-order valence-corrected chi connectivity index (χ0v) is 10.7. The molecule has 0 radical (unpaired) electrons. The van der Waals surface area contributed by atoms with Crippen molar-refractivity contribution in [2.45, 2.75) is 0 Å². The molecule has 19 heavy (non-hydrogen) atoms. The number of carboxylic acids is 1. The summed E-state index contributed by atoms with van der Waals surface area (Å²) in [5.74, 6) is -3.10. The van der Waals surface area contributed by atoms with Crippen molar-refractivity contribution in [3.8, 4) is 5.69 Å². The third-order valence-electron chi connectivity index (χ3n) is 2.25. The fraction of sp³-hybridized carbons (Fsp3) is 0. The van der Waals surface area contributed by atoms with Gasteiger partial charge >= 0.3 is 5.97 Å². The fourth-order valence-electron chi connectivity index (χ4n) is 1.38. The summed E-state index contributed by atoms with van der Waals surface area (Å²) >= 11 is 2.81. The standard InChI is InChI=1S/C11H5BrF2N2O3/c12-5-3-7(14)8(4-6(5)13)16-2-1-9(17)10(15-16)11(18)19/h1-4H,(H,18,19). The van der Waals surface area contributed by atoms with Gasteiger partial charge < -0.3 is 5.11 Å². The average Bonchev–Trinajstić information content (AvgIpc) is 2.34. The van der Waals surface area contributed by atoms with E-state index in [4.69, 9.17) is 5.11 Å². The molecule has 0 aliphatic rings. The van der Waals surface area contributed by atoms with Gasteiger partial charge in [-0.15, -0.1) is 0 Å². The molecule has 1 N–H and O–H groups in total. The predicted octanol–water partition coefficient (Wildman–Crippen LogP) is 1.97. The number of hydrogen-bond donors (Lipinski definition) is 1. The first-order valence-corrected chi connectivity index (χ1v) is 5.67. The number of carboxylic acid groups (broad SMARTS) is 1. The highest BCUT2D eigenvalue weighted by Crippen LogP contribution is 2.21. The molecule has 5 nitrogen and oxygen atoms in total. The van der Waals surface area contributed by atoms with Gasteiger partial charge in [-0.1, -0.05) is 0 Å². The molecule has 0 aliphatic heterocycles. The maximum absolute atomic E-state index is 13.7. The molecule has 0 bridgehead atoms. The minimum absolute atomic E-state index is 0.0757. The Morgan fingerprint density at radius 1 is 1.32 bits per heavy atom. The molecule has 0 saturated heterocycles. The first kappa shape index (κ1) is 13.3. The number of benzene rings is 1. The Morgan fingerprint density at radius 3 is 2.63 bits per heavy atom. The summed E-state index contributed by atoms with van der Waals surface area (Å²) in [5.41, 5.74) is -1.89. The molecule has 0 amide bonds. The van der Waals surface area contributed by atoms with Crippen LogP contribution >= 0.6 is 15.9 Å². The molecule has 0 saturated carbocycles. The Labute approximate surface area is 113 Å². The average molecular weight is 331 g/mol. The number of hydrogen-bond acceptors (Lipinski definition) is 3.